The highest BCUT2D eigenvalue weighted by atomic mass is 15.1. The van der Waals surface area contributed by atoms with Crippen molar-refractivity contribution in [2.24, 2.45) is 22.9 Å². The van der Waals surface area contributed by atoms with E-state index in [2.05, 4.69) is 87.7 Å². The Morgan fingerprint density at radius 2 is 0.745 bits per heavy atom. The van der Waals surface area contributed by atoms with Crippen molar-refractivity contribution in [3.05, 3.63) is 58.7 Å². The summed E-state index contributed by atoms with van der Waals surface area (Å²) in [6.07, 6.45) is 16.9. The lowest BCUT2D eigenvalue weighted by Crippen LogP contribution is -2.30. The number of hydrogen-bond acceptors (Lipinski definition) is 6. The zero-order valence-corrected chi connectivity index (χ0v) is 34.1. The first kappa shape index (κ1) is 43.6. The summed E-state index contributed by atoms with van der Waals surface area (Å²) in [6, 6.07) is 15.0. The van der Waals surface area contributed by atoms with Crippen LogP contribution in [0.25, 0.3) is 11.1 Å². The van der Waals surface area contributed by atoms with Crippen LogP contribution in [0.15, 0.2) is 36.4 Å². The molecule has 2 aromatic rings. The van der Waals surface area contributed by atoms with Gasteiger partial charge in [-0.3, -0.25) is 0 Å². The van der Waals surface area contributed by atoms with Gasteiger partial charge in [-0.25, -0.2) is 0 Å². The van der Waals surface area contributed by atoms with Crippen LogP contribution < -0.4 is 22.9 Å². The minimum atomic E-state index is 0.0652. The summed E-state index contributed by atoms with van der Waals surface area (Å²) >= 11 is 0. The third kappa shape index (κ3) is 13.2. The highest BCUT2D eigenvalue weighted by molar-refractivity contribution is 5.82. The Hall–Kier alpha value is -1.80. The molecule has 0 aliphatic heterocycles. The molecule has 1 aliphatic rings. The molecule has 6 nitrogen and oxygen atoms in total. The molecule has 0 saturated carbocycles. The number of unbranched alkanes of at least 4 members (excludes halogenated alkanes) is 6. The number of rotatable bonds is 26. The molecule has 2 aromatic carbocycles. The lowest BCUT2D eigenvalue weighted by Gasteiger charge is -2.35. The maximum Gasteiger partial charge on any atom is 0.0215 e. The van der Waals surface area contributed by atoms with Crippen molar-refractivity contribution in [2.45, 2.75) is 148 Å². The average Bonchev–Trinajstić information content (AvgIpc) is 3.37. The molecule has 0 saturated heterocycles. The standard InChI is InChI=1S/C45H80N6/c1-43(2,3)37-19-21-39-40-22-20-38(44(4,5)6)36-42(40)45(41(39)35-37,23-11-7-9-13-29-50(31-15-25-46)32-16-26-47)24-12-8-10-14-30-51(33-17-27-48)34-18-28-49/h19-22,35-36H,7-18,23-34,46-49H2,1-6H3. The molecular formula is C45H80N6. The Bertz CT molecular complexity index is 1140. The molecule has 0 heterocycles. The molecule has 0 atom stereocenters. The van der Waals surface area contributed by atoms with Crippen LogP contribution >= 0.6 is 0 Å². The van der Waals surface area contributed by atoms with Crippen molar-refractivity contribution >= 4 is 0 Å². The second kappa shape index (κ2) is 21.8. The SMILES string of the molecule is CC(C)(C)c1ccc2c(c1)C(CCCCCCN(CCCN)CCCN)(CCCCCCN(CCCN)CCCN)c1cc(C(C)(C)C)ccc1-2. The zero-order chi connectivity index (χ0) is 37.3. The quantitative estimate of drug-likeness (QED) is 0.0732. The van der Waals surface area contributed by atoms with Gasteiger partial charge in [-0.15, -0.1) is 0 Å². The van der Waals surface area contributed by atoms with Crippen LogP contribution in [-0.2, 0) is 16.2 Å². The average molecular weight is 705 g/mol. The fraction of sp³-hybridized carbons (Fsp3) is 0.733. The maximum atomic E-state index is 5.85. The first-order valence-electron chi connectivity index (χ1n) is 21.0. The Labute approximate surface area is 314 Å². The summed E-state index contributed by atoms with van der Waals surface area (Å²) in [5.41, 5.74) is 32.8. The van der Waals surface area contributed by atoms with Gasteiger partial charge < -0.3 is 32.7 Å². The lowest BCUT2D eigenvalue weighted by atomic mass is 9.69. The van der Waals surface area contributed by atoms with E-state index in [0.717, 1.165) is 91.1 Å². The normalized spacial score (nSPS) is 14.1. The van der Waals surface area contributed by atoms with Crippen LogP contribution in [0.4, 0.5) is 0 Å². The first-order valence-corrected chi connectivity index (χ1v) is 21.0. The Morgan fingerprint density at radius 3 is 1.06 bits per heavy atom. The van der Waals surface area contributed by atoms with E-state index in [4.69, 9.17) is 22.9 Å². The number of hydrogen-bond donors (Lipinski definition) is 4. The van der Waals surface area contributed by atoms with E-state index in [9.17, 15) is 0 Å². The molecule has 290 valence electrons. The van der Waals surface area contributed by atoms with Crippen molar-refractivity contribution in [3.8, 4) is 11.1 Å². The number of benzene rings is 2. The highest BCUT2D eigenvalue weighted by Crippen LogP contribution is 2.55. The summed E-state index contributed by atoms with van der Waals surface area (Å²) in [5, 5.41) is 0. The third-order valence-corrected chi connectivity index (χ3v) is 11.5. The van der Waals surface area contributed by atoms with E-state index in [0.29, 0.717) is 0 Å². The van der Waals surface area contributed by atoms with Crippen molar-refractivity contribution in [3.63, 3.8) is 0 Å². The summed E-state index contributed by atoms with van der Waals surface area (Å²) in [4.78, 5) is 5.17. The minimum absolute atomic E-state index is 0.0652. The van der Waals surface area contributed by atoms with Gasteiger partial charge in [-0.1, -0.05) is 116 Å². The minimum Gasteiger partial charge on any atom is -0.330 e. The Balaban J connectivity index is 1.83. The van der Waals surface area contributed by atoms with Crippen LogP contribution in [0.1, 0.15) is 154 Å². The van der Waals surface area contributed by atoms with Gasteiger partial charge in [-0.05, 0) is 161 Å². The molecule has 6 heteroatoms. The maximum absolute atomic E-state index is 5.85. The van der Waals surface area contributed by atoms with Gasteiger partial charge in [0.2, 0.25) is 0 Å². The van der Waals surface area contributed by atoms with Crippen LogP contribution in [-0.4, -0.2) is 75.2 Å². The van der Waals surface area contributed by atoms with E-state index in [1.807, 2.05) is 0 Å². The van der Waals surface area contributed by atoms with Crippen LogP contribution in [0.2, 0.25) is 0 Å². The van der Waals surface area contributed by atoms with E-state index in [1.54, 1.807) is 11.1 Å². The molecule has 8 N–H and O–H groups in total. The van der Waals surface area contributed by atoms with Crippen molar-refractivity contribution in [1.29, 1.82) is 0 Å². The van der Waals surface area contributed by atoms with Gasteiger partial charge in [0.1, 0.15) is 0 Å². The molecule has 1 aliphatic carbocycles. The second-order valence-electron chi connectivity index (χ2n) is 17.7. The second-order valence-corrected chi connectivity index (χ2v) is 17.7. The smallest absolute Gasteiger partial charge is 0.0215 e. The van der Waals surface area contributed by atoms with Crippen LogP contribution in [0.5, 0.6) is 0 Å². The van der Waals surface area contributed by atoms with E-state index >= 15 is 0 Å². The molecule has 51 heavy (non-hydrogen) atoms. The van der Waals surface area contributed by atoms with Crippen molar-refractivity contribution < 1.29 is 0 Å². The van der Waals surface area contributed by atoms with Gasteiger partial charge in [0.05, 0.1) is 0 Å². The van der Waals surface area contributed by atoms with E-state index in [1.165, 1.54) is 86.5 Å². The van der Waals surface area contributed by atoms with E-state index in [-0.39, 0.29) is 16.2 Å². The summed E-state index contributed by atoms with van der Waals surface area (Å²) in [6.45, 7) is 24.0. The third-order valence-electron chi connectivity index (χ3n) is 11.5. The van der Waals surface area contributed by atoms with Gasteiger partial charge >= 0.3 is 0 Å². The molecule has 0 spiro atoms. The van der Waals surface area contributed by atoms with Gasteiger partial charge in [0.15, 0.2) is 0 Å². The fourth-order valence-electron chi connectivity index (χ4n) is 8.25. The highest BCUT2D eigenvalue weighted by Gasteiger charge is 2.43. The number of nitrogens with two attached hydrogens (primary N) is 4. The van der Waals surface area contributed by atoms with Crippen molar-refractivity contribution in [1.82, 2.24) is 9.80 Å². The molecule has 0 aromatic heterocycles. The van der Waals surface area contributed by atoms with Gasteiger partial charge in [0.25, 0.3) is 0 Å². The van der Waals surface area contributed by atoms with Crippen LogP contribution in [0.3, 0.4) is 0 Å². The van der Waals surface area contributed by atoms with Gasteiger partial charge in [0, 0.05) is 5.41 Å². The Kier molecular flexibility index (Phi) is 18.6. The molecule has 0 fully saturated rings. The first-order chi connectivity index (χ1) is 24.4. The predicted molar refractivity (Wildman–Crippen MR) is 224 cm³/mol. The molecule has 0 unspecified atom stereocenters. The summed E-state index contributed by atoms with van der Waals surface area (Å²) in [7, 11) is 0. The fourth-order valence-corrected chi connectivity index (χ4v) is 8.25. The zero-order valence-electron chi connectivity index (χ0n) is 34.1. The largest absolute Gasteiger partial charge is 0.330 e. The topological polar surface area (TPSA) is 111 Å². The van der Waals surface area contributed by atoms with E-state index < -0.39 is 0 Å². The lowest BCUT2D eigenvalue weighted by molar-refractivity contribution is 0.262. The Morgan fingerprint density at radius 1 is 0.431 bits per heavy atom. The molecule has 0 radical (unpaired) electrons. The van der Waals surface area contributed by atoms with Gasteiger partial charge in [-0.2, -0.15) is 0 Å². The number of nitrogens with zero attached hydrogens (tertiary/aromatic N) is 2. The molecular weight excluding hydrogens is 625 g/mol. The summed E-state index contributed by atoms with van der Waals surface area (Å²) in [5.74, 6) is 0. The molecule has 0 bridgehead atoms. The van der Waals surface area contributed by atoms with Crippen molar-refractivity contribution in [2.75, 3.05) is 65.4 Å². The molecule has 3 rings (SSSR count). The monoisotopic (exact) mass is 705 g/mol. The summed E-state index contributed by atoms with van der Waals surface area (Å²) < 4.78 is 0. The molecule has 0 amide bonds. The number of fused-ring (bicyclic) bond motifs is 3. The predicted octanol–water partition coefficient (Wildman–Crippen LogP) is 8.45. The van der Waals surface area contributed by atoms with Crippen LogP contribution in [0, 0.1) is 0 Å².